The molecule has 0 aliphatic carbocycles. The summed E-state index contributed by atoms with van der Waals surface area (Å²) < 4.78 is 19.7. The van der Waals surface area contributed by atoms with Crippen molar-refractivity contribution in [1.82, 2.24) is 15.3 Å². The number of hydrogen-bond donors (Lipinski definition) is 2. The highest BCUT2D eigenvalue weighted by Crippen LogP contribution is 2.26. The van der Waals surface area contributed by atoms with Crippen LogP contribution in [0.15, 0.2) is 54.9 Å². The van der Waals surface area contributed by atoms with Gasteiger partial charge in [-0.1, -0.05) is 30.3 Å². The van der Waals surface area contributed by atoms with Crippen molar-refractivity contribution in [2.75, 3.05) is 6.61 Å². The number of rotatable bonds is 5. The average molecular weight is 351 g/mol. The fourth-order valence-corrected chi connectivity index (χ4v) is 3.15. The van der Waals surface area contributed by atoms with Crippen LogP contribution in [0.2, 0.25) is 0 Å². The van der Waals surface area contributed by atoms with Gasteiger partial charge in [-0.05, 0) is 17.7 Å². The Hall–Kier alpha value is -2.99. The zero-order valence-corrected chi connectivity index (χ0v) is 14.0. The number of H-pyrrole nitrogens is 1. The van der Waals surface area contributed by atoms with E-state index >= 15 is 0 Å². The van der Waals surface area contributed by atoms with Gasteiger partial charge in [0.15, 0.2) is 5.82 Å². The summed E-state index contributed by atoms with van der Waals surface area (Å²) in [5.74, 6) is -0.592. The van der Waals surface area contributed by atoms with Crippen molar-refractivity contribution in [2.24, 2.45) is 0 Å². The molecule has 1 aromatic carbocycles. The van der Waals surface area contributed by atoms with Gasteiger partial charge in [-0.25, -0.2) is 4.39 Å². The van der Waals surface area contributed by atoms with Crippen LogP contribution >= 0.6 is 0 Å². The maximum atomic E-state index is 13.9. The van der Waals surface area contributed by atoms with Crippen molar-refractivity contribution in [1.29, 1.82) is 0 Å². The SMILES string of the molecule is O=C1NC(COCc2ccccc2)Cc2[nH]c(-c3ccncc3F)cc21. The van der Waals surface area contributed by atoms with Crippen molar-refractivity contribution < 1.29 is 13.9 Å². The fraction of sp³-hybridized carbons (Fsp3) is 0.200. The first-order valence-electron chi connectivity index (χ1n) is 8.45. The van der Waals surface area contributed by atoms with Gasteiger partial charge < -0.3 is 15.0 Å². The molecule has 3 heterocycles. The first-order chi connectivity index (χ1) is 12.7. The van der Waals surface area contributed by atoms with Gasteiger partial charge in [0.05, 0.1) is 31.0 Å². The standard InChI is InChI=1S/C20H18FN3O2/c21-17-10-22-7-6-15(17)19-9-16-18(24-19)8-14(23-20(16)25)12-26-11-13-4-2-1-3-5-13/h1-7,9-10,14,24H,8,11-12H2,(H,23,25). The molecule has 0 spiro atoms. The highest BCUT2D eigenvalue weighted by atomic mass is 19.1. The highest BCUT2D eigenvalue weighted by molar-refractivity contribution is 5.98. The van der Waals surface area contributed by atoms with Crippen molar-refractivity contribution in [3.8, 4) is 11.3 Å². The topological polar surface area (TPSA) is 67.0 Å². The minimum Gasteiger partial charge on any atom is -0.375 e. The third-order valence-electron chi connectivity index (χ3n) is 4.42. The van der Waals surface area contributed by atoms with E-state index in [9.17, 15) is 9.18 Å². The van der Waals surface area contributed by atoms with Gasteiger partial charge in [0.25, 0.3) is 5.91 Å². The molecule has 1 atom stereocenters. The van der Waals surface area contributed by atoms with Gasteiger partial charge in [0.1, 0.15) is 0 Å². The second kappa shape index (κ2) is 7.09. The van der Waals surface area contributed by atoms with Crippen LogP contribution in [0.3, 0.4) is 0 Å². The minimum absolute atomic E-state index is 0.118. The third kappa shape index (κ3) is 3.36. The first-order valence-corrected chi connectivity index (χ1v) is 8.45. The molecule has 2 N–H and O–H groups in total. The van der Waals surface area contributed by atoms with Crippen molar-refractivity contribution in [3.63, 3.8) is 0 Å². The summed E-state index contributed by atoms with van der Waals surface area (Å²) in [7, 11) is 0. The minimum atomic E-state index is -0.422. The lowest BCUT2D eigenvalue weighted by Crippen LogP contribution is -2.43. The summed E-state index contributed by atoms with van der Waals surface area (Å²) in [4.78, 5) is 19.3. The average Bonchev–Trinajstić information content (AvgIpc) is 3.07. The molecule has 1 aliphatic heterocycles. The van der Waals surface area contributed by atoms with Crippen molar-refractivity contribution in [3.05, 3.63) is 77.5 Å². The molecule has 6 heteroatoms. The number of hydrogen-bond acceptors (Lipinski definition) is 3. The number of aromatic nitrogens is 2. The van der Waals surface area contributed by atoms with Gasteiger partial charge in [0, 0.05) is 29.6 Å². The first kappa shape index (κ1) is 16.5. The second-order valence-corrected chi connectivity index (χ2v) is 6.31. The normalized spacial score (nSPS) is 16.2. The zero-order chi connectivity index (χ0) is 17.9. The summed E-state index contributed by atoms with van der Waals surface area (Å²) in [5.41, 5.74) is 3.42. The maximum Gasteiger partial charge on any atom is 0.253 e. The van der Waals surface area contributed by atoms with Crippen LogP contribution < -0.4 is 5.32 Å². The Morgan fingerprint density at radius 3 is 2.85 bits per heavy atom. The summed E-state index contributed by atoms with van der Waals surface area (Å²) >= 11 is 0. The van der Waals surface area contributed by atoms with Crippen molar-refractivity contribution in [2.45, 2.75) is 19.1 Å². The molecular weight excluding hydrogens is 333 g/mol. The number of nitrogens with one attached hydrogen (secondary N) is 2. The van der Waals surface area contributed by atoms with E-state index in [0.717, 1.165) is 17.5 Å². The largest absolute Gasteiger partial charge is 0.375 e. The molecule has 1 aliphatic rings. The number of halogens is 1. The predicted octanol–water partition coefficient (Wildman–Crippen LogP) is 3.09. The Labute approximate surface area is 150 Å². The summed E-state index contributed by atoms with van der Waals surface area (Å²) in [6.45, 7) is 0.913. The number of carbonyl (C=O) groups is 1. The number of aromatic amines is 1. The smallest absolute Gasteiger partial charge is 0.253 e. The lowest BCUT2D eigenvalue weighted by Gasteiger charge is -2.23. The van der Waals surface area contributed by atoms with Gasteiger partial charge in [0.2, 0.25) is 0 Å². The van der Waals surface area contributed by atoms with E-state index < -0.39 is 5.82 Å². The lowest BCUT2D eigenvalue weighted by atomic mass is 10.0. The zero-order valence-electron chi connectivity index (χ0n) is 14.0. The molecule has 0 radical (unpaired) electrons. The third-order valence-corrected chi connectivity index (χ3v) is 4.42. The van der Waals surface area contributed by atoms with Crippen LogP contribution in [-0.4, -0.2) is 28.5 Å². The monoisotopic (exact) mass is 351 g/mol. The number of fused-ring (bicyclic) bond motifs is 1. The fourth-order valence-electron chi connectivity index (χ4n) is 3.15. The molecule has 0 saturated heterocycles. The van der Waals surface area contributed by atoms with Crippen LogP contribution in [0.25, 0.3) is 11.3 Å². The predicted molar refractivity (Wildman–Crippen MR) is 95.0 cm³/mol. The quantitative estimate of drug-likeness (QED) is 0.742. The summed E-state index contributed by atoms with van der Waals surface area (Å²) in [6.07, 6.45) is 3.30. The van der Waals surface area contributed by atoms with E-state index in [1.54, 1.807) is 12.1 Å². The number of nitrogens with zero attached hydrogens (tertiary/aromatic N) is 1. The number of ether oxygens (including phenoxy) is 1. The molecule has 132 valence electrons. The molecule has 1 amide bonds. The van der Waals surface area contributed by atoms with Gasteiger partial charge in [-0.2, -0.15) is 0 Å². The highest BCUT2D eigenvalue weighted by Gasteiger charge is 2.27. The molecule has 4 rings (SSSR count). The molecule has 3 aromatic rings. The van der Waals surface area contributed by atoms with Gasteiger partial charge >= 0.3 is 0 Å². The van der Waals surface area contributed by atoms with E-state index in [0.29, 0.717) is 36.5 Å². The molecular formula is C20H18FN3O2. The molecule has 0 fully saturated rings. The van der Waals surface area contributed by atoms with E-state index in [1.807, 2.05) is 30.3 Å². The molecule has 2 aromatic heterocycles. The van der Waals surface area contributed by atoms with Crippen LogP contribution in [0.5, 0.6) is 0 Å². The van der Waals surface area contributed by atoms with E-state index in [4.69, 9.17) is 4.74 Å². The number of amides is 1. The molecule has 1 unspecified atom stereocenters. The Morgan fingerprint density at radius 1 is 1.19 bits per heavy atom. The van der Waals surface area contributed by atoms with E-state index in [2.05, 4.69) is 15.3 Å². The number of pyridine rings is 1. The summed E-state index contributed by atoms with van der Waals surface area (Å²) in [6, 6.07) is 13.0. The molecule has 0 bridgehead atoms. The Morgan fingerprint density at radius 2 is 2.04 bits per heavy atom. The van der Waals surface area contributed by atoms with E-state index in [-0.39, 0.29) is 11.9 Å². The van der Waals surface area contributed by atoms with E-state index in [1.165, 1.54) is 6.20 Å². The second-order valence-electron chi connectivity index (χ2n) is 6.31. The lowest BCUT2D eigenvalue weighted by molar-refractivity contribution is 0.0772. The van der Waals surface area contributed by atoms with Gasteiger partial charge in [-0.15, -0.1) is 0 Å². The number of benzene rings is 1. The molecule has 5 nitrogen and oxygen atoms in total. The summed E-state index contributed by atoms with van der Waals surface area (Å²) in [5, 5.41) is 2.95. The Kier molecular flexibility index (Phi) is 4.50. The van der Waals surface area contributed by atoms with Crippen molar-refractivity contribution >= 4 is 5.91 Å². The molecule has 0 saturated carbocycles. The van der Waals surface area contributed by atoms with Crippen LogP contribution in [-0.2, 0) is 17.8 Å². The number of carbonyl (C=O) groups excluding carboxylic acids is 1. The maximum absolute atomic E-state index is 13.9. The van der Waals surface area contributed by atoms with Gasteiger partial charge in [-0.3, -0.25) is 9.78 Å². The van der Waals surface area contributed by atoms with Crippen LogP contribution in [0.1, 0.15) is 21.6 Å². The molecule has 26 heavy (non-hydrogen) atoms. The Bertz CT molecular complexity index is 924. The van der Waals surface area contributed by atoms with Crippen LogP contribution in [0.4, 0.5) is 4.39 Å². The Balaban J connectivity index is 1.45. The van der Waals surface area contributed by atoms with Crippen LogP contribution in [0, 0.1) is 5.82 Å².